The highest BCUT2D eigenvalue weighted by Gasteiger charge is 2.20. The van der Waals surface area contributed by atoms with Crippen LogP contribution < -0.4 is 4.90 Å². The number of hydrogen-bond acceptors (Lipinski definition) is 2. The summed E-state index contributed by atoms with van der Waals surface area (Å²) in [5.41, 5.74) is 4.27. The highest BCUT2D eigenvalue weighted by molar-refractivity contribution is 5.56. The van der Waals surface area contributed by atoms with Gasteiger partial charge in [0.05, 0.1) is 6.10 Å². The van der Waals surface area contributed by atoms with E-state index in [-0.39, 0.29) is 5.82 Å². The largest absolute Gasteiger partial charge is 0.389 e. The molecule has 0 spiro atoms. The predicted octanol–water partition coefficient (Wildman–Crippen LogP) is 3.44. The van der Waals surface area contributed by atoms with Crippen LogP contribution in [0.25, 0.3) is 0 Å². The van der Waals surface area contributed by atoms with E-state index < -0.39 is 6.10 Å². The van der Waals surface area contributed by atoms with Crippen LogP contribution >= 0.6 is 0 Å². The molecule has 20 heavy (non-hydrogen) atoms. The third-order valence-corrected chi connectivity index (χ3v) is 3.91. The van der Waals surface area contributed by atoms with E-state index in [2.05, 4.69) is 23.1 Å². The summed E-state index contributed by atoms with van der Waals surface area (Å²) in [5.74, 6) is -0.304. The van der Waals surface area contributed by atoms with Crippen LogP contribution in [-0.4, -0.2) is 11.7 Å². The Hall–Kier alpha value is -1.87. The van der Waals surface area contributed by atoms with Crippen molar-refractivity contribution in [2.75, 3.05) is 11.4 Å². The molecule has 3 rings (SSSR count). The lowest BCUT2D eigenvalue weighted by atomic mass is 9.98. The SMILES string of the molecule is C[C@H](O)c1cc(F)ccc1N1CCc2ccccc2C1. The van der Waals surface area contributed by atoms with Gasteiger partial charge in [-0.1, -0.05) is 24.3 Å². The first kappa shape index (κ1) is 13.1. The summed E-state index contributed by atoms with van der Waals surface area (Å²) >= 11 is 0. The molecule has 1 atom stereocenters. The molecule has 1 aliphatic rings. The van der Waals surface area contributed by atoms with Crippen LogP contribution in [-0.2, 0) is 13.0 Å². The molecule has 1 heterocycles. The molecule has 0 fully saturated rings. The Balaban J connectivity index is 1.95. The first-order valence-corrected chi connectivity index (χ1v) is 6.94. The fraction of sp³-hybridized carbons (Fsp3) is 0.294. The summed E-state index contributed by atoms with van der Waals surface area (Å²) in [5, 5.41) is 9.86. The molecule has 1 aliphatic heterocycles. The molecule has 0 saturated carbocycles. The van der Waals surface area contributed by atoms with Gasteiger partial charge in [0.15, 0.2) is 0 Å². The number of aliphatic hydroxyl groups excluding tert-OH is 1. The molecular weight excluding hydrogens is 253 g/mol. The van der Waals surface area contributed by atoms with Gasteiger partial charge in [0.25, 0.3) is 0 Å². The van der Waals surface area contributed by atoms with Gasteiger partial charge in [-0.15, -0.1) is 0 Å². The highest BCUT2D eigenvalue weighted by atomic mass is 19.1. The Kier molecular flexibility index (Phi) is 3.45. The lowest BCUT2D eigenvalue weighted by Crippen LogP contribution is -2.31. The molecule has 2 nitrogen and oxygen atoms in total. The number of anilines is 1. The van der Waals surface area contributed by atoms with Crippen molar-refractivity contribution in [3.05, 3.63) is 65.0 Å². The molecular formula is C17H18FNO. The molecule has 104 valence electrons. The number of benzene rings is 2. The molecule has 1 N–H and O–H groups in total. The van der Waals surface area contributed by atoms with E-state index >= 15 is 0 Å². The second-order valence-electron chi connectivity index (χ2n) is 5.32. The van der Waals surface area contributed by atoms with E-state index in [0.29, 0.717) is 5.56 Å². The van der Waals surface area contributed by atoms with Gasteiger partial charge in [-0.3, -0.25) is 0 Å². The Morgan fingerprint density at radius 2 is 1.90 bits per heavy atom. The maximum atomic E-state index is 13.4. The van der Waals surface area contributed by atoms with Crippen molar-refractivity contribution in [2.45, 2.75) is 26.0 Å². The maximum Gasteiger partial charge on any atom is 0.123 e. The molecule has 0 saturated heterocycles. The van der Waals surface area contributed by atoms with Gasteiger partial charge >= 0.3 is 0 Å². The first-order chi connectivity index (χ1) is 9.65. The average Bonchev–Trinajstić information content (AvgIpc) is 2.46. The lowest BCUT2D eigenvalue weighted by Gasteiger charge is -2.32. The van der Waals surface area contributed by atoms with Crippen LogP contribution in [0.5, 0.6) is 0 Å². The number of fused-ring (bicyclic) bond motifs is 1. The molecule has 2 aromatic carbocycles. The Bertz CT molecular complexity index is 624. The fourth-order valence-corrected chi connectivity index (χ4v) is 2.85. The van der Waals surface area contributed by atoms with Crippen LogP contribution in [0.2, 0.25) is 0 Å². The monoisotopic (exact) mass is 271 g/mol. The minimum absolute atomic E-state index is 0.304. The molecule has 0 radical (unpaired) electrons. The minimum atomic E-state index is -0.669. The zero-order valence-electron chi connectivity index (χ0n) is 11.5. The third kappa shape index (κ3) is 2.41. The van der Waals surface area contributed by atoms with Crippen molar-refractivity contribution in [3.63, 3.8) is 0 Å². The van der Waals surface area contributed by atoms with Crippen molar-refractivity contribution in [1.82, 2.24) is 0 Å². The molecule has 0 bridgehead atoms. The van der Waals surface area contributed by atoms with Gasteiger partial charge in [0.2, 0.25) is 0 Å². The van der Waals surface area contributed by atoms with Gasteiger partial charge in [0, 0.05) is 24.3 Å². The standard InChI is InChI=1S/C17H18FNO/c1-12(20)16-10-15(18)6-7-17(16)19-9-8-13-4-2-3-5-14(13)11-19/h2-7,10,12,20H,8-9,11H2,1H3/t12-/m0/s1. The average molecular weight is 271 g/mol. The van der Waals surface area contributed by atoms with Crippen LogP contribution in [0.4, 0.5) is 10.1 Å². The molecule has 3 heteroatoms. The van der Waals surface area contributed by atoms with Crippen molar-refractivity contribution in [1.29, 1.82) is 0 Å². The van der Waals surface area contributed by atoms with E-state index in [9.17, 15) is 9.50 Å². The molecule has 2 aromatic rings. The van der Waals surface area contributed by atoms with Crippen LogP contribution in [0.15, 0.2) is 42.5 Å². The Labute approximate surface area is 118 Å². The van der Waals surface area contributed by atoms with Crippen LogP contribution in [0, 0.1) is 5.82 Å². The summed E-state index contributed by atoms with van der Waals surface area (Å²) in [6, 6.07) is 13.1. The fourth-order valence-electron chi connectivity index (χ4n) is 2.85. The van der Waals surface area contributed by atoms with Gasteiger partial charge in [0.1, 0.15) is 5.82 Å². The van der Waals surface area contributed by atoms with Crippen molar-refractivity contribution < 1.29 is 9.50 Å². The molecule has 0 aliphatic carbocycles. The zero-order chi connectivity index (χ0) is 14.1. The van der Waals surface area contributed by atoms with Crippen molar-refractivity contribution in [3.8, 4) is 0 Å². The Morgan fingerprint density at radius 1 is 1.15 bits per heavy atom. The maximum absolute atomic E-state index is 13.4. The lowest BCUT2D eigenvalue weighted by molar-refractivity contribution is 0.199. The smallest absolute Gasteiger partial charge is 0.123 e. The molecule has 0 aromatic heterocycles. The molecule has 0 unspecified atom stereocenters. The van der Waals surface area contributed by atoms with Crippen molar-refractivity contribution >= 4 is 5.69 Å². The number of rotatable bonds is 2. The minimum Gasteiger partial charge on any atom is -0.389 e. The normalized spacial score (nSPS) is 15.8. The van der Waals surface area contributed by atoms with E-state index in [1.165, 1.54) is 23.3 Å². The Morgan fingerprint density at radius 3 is 2.65 bits per heavy atom. The second kappa shape index (κ2) is 5.25. The summed E-state index contributed by atoms with van der Waals surface area (Å²) in [7, 11) is 0. The summed E-state index contributed by atoms with van der Waals surface area (Å²) in [6.07, 6.45) is 0.310. The second-order valence-corrected chi connectivity index (χ2v) is 5.32. The number of halogens is 1. The van der Waals surface area contributed by atoms with Gasteiger partial charge < -0.3 is 10.0 Å². The van der Waals surface area contributed by atoms with Gasteiger partial charge in [-0.05, 0) is 42.7 Å². The van der Waals surface area contributed by atoms with E-state index in [0.717, 1.165) is 25.2 Å². The third-order valence-electron chi connectivity index (χ3n) is 3.91. The zero-order valence-corrected chi connectivity index (χ0v) is 11.5. The molecule has 0 amide bonds. The van der Waals surface area contributed by atoms with E-state index in [1.807, 2.05) is 6.07 Å². The van der Waals surface area contributed by atoms with Crippen molar-refractivity contribution in [2.24, 2.45) is 0 Å². The predicted molar refractivity (Wildman–Crippen MR) is 78.2 cm³/mol. The summed E-state index contributed by atoms with van der Waals surface area (Å²) in [6.45, 7) is 3.38. The van der Waals surface area contributed by atoms with Gasteiger partial charge in [-0.2, -0.15) is 0 Å². The quantitative estimate of drug-likeness (QED) is 0.904. The summed E-state index contributed by atoms with van der Waals surface area (Å²) in [4.78, 5) is 2.21. The summed E-state index contributed by atoms with van der Waals surface area (Å²) < 4.78 is 13.4. The van der Waals surface area contributed by atoms with E-state index in [1.54, 1.807) is 13.0 Å². The number of aliphatic hydroxyl groups is 1. The van der Waals surface area contributed by atoms with Crippen LogP contribution in [0.3, 0.4) is 0 Å². The van der Waals surface area contributed by atoms with Crippen LogP contribution in [0.1, 0.15) is 29.7 Å². The number of nitrogens with zero attached hydrogens (tertiary/aromatic N) is 1. The first-order valence-electron chi connectivity index (χ1n) is 6.94. The number of hydrogen-bond donors (Lipinski definition) is 1. The topological polar surface area (TPSA) is 23.5 Å². The highest BCUT2D eigenvalue weighted by Crippen LogP contribution is 2.31. The van der Waals surface area contributed by atoms with E-state index in [4.69, 9.17) is 0 Å². The van der Waals surface area contributed by atoms with Gasteiger partial charge in [-0.25, -0.2) is 4.39 Å².